The smallest absolute Gasteiger partial charge is 0.239 e. The first-order valence-electron chi connectivity index (χ1n) is 7.37. The Labute approximate surface area is 135 Å². The molecular weight excluding hydrogens is 295 g/mol. The van der Waals surface area contributed by atoms with E-state index in [9.17, 15) is 9.18 Å². The average Bonchev–Trinajstić information content (AvgIpc) is 2.53. The number of nitrogens with two attached hydrogens (primary N) is 1. The summed E-state index contributed by atoms with van der Waals surface area (Å²) in [4.78, 5) is 11.8. The highest BCUT2D eigenvalue weighted by Gasteiger charge is 2.22. The number of primary amides is 1. The van der Waals surface area contributed by atoms with Gasteiger partial charge < -0.3 is 10.5 Å². The van der Waals surface area contributed by atoms with Crippen LogP contribution < -0.4 is 15.8 Å². The van der Waals surface area contributed by atoms with Gasteiger partial charge in [-0.1, -0.05) is 29.8 Å². The monoisotopic (exact) mass is 316 g/mol. The van der Waals surface area contributed by atoms with E-state index in [0.29, 0.717) is 5.56 Å². The summed E-state index contributed by atoms with van der Waals surface area (Å²) in [6.45, 7) is 3.91. The quantitative estimate of drug-likeness (QED) is 0.861. The largest absolute Gasteiger partial charge is 0.496 e. The minimum absolute atomic E-state index is 0.174. The Hall–Kier alpha value is -2.40. The summed E-state index contributed by atoms with van der Waals surface area (Å²) in [5.74, 6) is -0.140. The lowest BCUT2D eigenvalue weighted by molar-refractivity contribution is -0.120. The van der Waals surface area contributed by atoms with Crippen molar-refractivity contribution in [1.82, 2.24) is 5.32 Å². The van der Waals surface area contributed by atoms with Crippen LogP contribution in [0.25, 0.3) is 0 Å². The molecule has 1 amide bonds. The first-order chi connectivity index (χ1) is 10.9. The van der Waals surface area contributed by atoms with Gasteiger partial charge in [0.15, 0.2) is 0 Å². The Balaban J connectivity index is 2.28. The second kappa shape index (κ2) is 7.24. The second-order valence-corrected chi connectivity index (χ2v) is 5.52. The van der Waals surface area contributed by atoms with Gasteiger partial charge in [-0.2, -0.15) is 0 Å². The minimum Gasteiger partial charge on any atom is -0.496 e. The van der Waals surface area contributed by atoms with E-state index >= 15 is 0 Å². The van der Waals surface area contributed by atoms with Gasteiger partial charge in [-0.05, 0) is 37.6 Å². The Kier molecular flexibility index (Phi) is 5.34. The standard InChI is InChI=1S/C18H21FN2O2/c1-11-4-9-16(23-3)15(10-11)12(2)21-17(18(20)22)13-5-7-14(19)8-6-13/h4-10,12,17,21H,1-3H3,(H2,20,22)/t12-,17-/m1/s1. The van der Waals surface area contributed by atoms with Gasteiger partial charge >= 0.3 is 0 Å². The Morgan fingerprint density at radius 2 is 1.87 bits per heavy atom. The lowest BCUT2D eigenvalue weighted by Gasteiger charge is -2.23. The molecule has 0 aliphatic heterocycles. The molecule has 2 aromatic rings. The van der Waals surface area contributed by atoms with Crippen molar-refractivity contribution in [3.63, 3.8) is 0 Å². The van der Waals surface area contributed by atoms with E-state index < -0.39 is 11.9 Å². The molecule has 0 unspecified atom stereocenters. The summed E-state index contributed by atoms with van der Waals surface area (Å²) in [5.41, 5.74) is 8.15. The fraction of sp³-hybridized carbons (Fsp3) is 0.278. The first-order valence-corrected chi connectivity index (χ1v) is 7.37. The van der Waals surface area contributed by atoms with Crippen LogP contribution in [-0.2, 0) is 4.79 Å². The summed E-state index contributed by atoms with van der Waals surface area (Å²) in [7, 11) is 1.60. The molecule has 5 heteroatoms. The molecule has 0 fully saturated rings. The predicted octanol–water partition coefficient (Wildman–Crippen LogP) is 3.02. The van der Waals surface area contributed by atoms with Gasteiger partial charge in [0, 0.05) is 11.6 Å². The van der Waals surface area contributed by atoms with E-state index in [1.807, 2.05) is 32.0 Å². The van der Waals surface area contributed by atoms with Crippen molar-refractivity contribution in [3.8, 4) is 5.75 Å². The average molecular weight is 316 g/mol. The molecule has 0 spiro atoms. The van der Waals surface area contributed by atoms with Gasteiger partial charge in [0.2, 0.25) is 5.91 Å². The highest BCUT2D eigenvalue weighted by atomic mass is 19.1. The van der Waals surface area contributed by atoms with E-state index in [-0.39, 0.29) is 11.9 Å². The van der Waals surface area contributed by atoms with E-state index in [4.69, 9.17) is 10.5 Å². The van der Waals surface area contributed by atoms with Gasteiger partial charge in [0.25, 0.3) is 0 Å². The minimum atomic E-state index is -0.712. The molecule has 0 bridgehead atoms. The summed E-state index contributed by atoms with van der Waals surface area (Å²) in [6, 6.07) is 10.7. The number of carbonyl (C=O) groups is 1. The Morgan fingerprint density at radius 1 is 1.22 bits per heavy atom. The van der Waals surface area contributed by atoms with Crippen molar-refractivity contribution in [2.75, 3.05) is 7.11 Å². The number of rotatable bonds is 6. The number of nitrogens with one attached hydrogen (secondary N) is 1. The molecule has 0 aliphatic carbocycles. The maximum absolute atomic E-state index is 13.1. The molecule has 4 nitrogen and oxygen atoms in total. The molecule has 0 heterocycles. The summed E-state index contributed by atoms with van der Waals surface area (Å²) in [6.07, 6.45) is 0. The topological polar surface area (TPSA) is 64.3 Å². The van der Waals surface area contributed by atoms with E-state index in [1.54, 1.807) is 19.2 Å². The maximum Gasteiger partial charge on any atom is 0.239 e. The van der Waals surface area contributed by atoms with Crippen molar-refractivity contribution in [3.05, 3.63) is 65.0 Å². The number of aryl methyl sites for hydroxylation is 1. The molecule has 0 radical (unpaired) electrons. The van der Waals surface area contributed by atoms with E-state index in [0.717, 1.165) is 16.9 Å². The van der Waals surface area contributed by atoms with Gasteiger partial charge in [-0.25, -0.2) is 4.39 Å². The highest BCUT2D eigenvalue weighted by Crippen LogP contribution is 2.28. The van der Waals surface area contributed by atoms with E-state index in [2.05, 4.69) is 5.32 Å². The van der Waals surface area contributed by atoms with Crippen molar-refractivity contribution >= 4 is 5.91 Å². The predicted molar refractivity (Wildman–Crippen MR) is 87.6 cm³/mol. The third-order valence-electron chi connectivity index (χ3n) is 3.76. The second-order valence-electron chi connectivity index (χ2n) is 5.52. The normalized spacial score (nSPS) is 13.4. The number of halogens is 1. The van der Waals surface area contributed by atoms with Crippen LogP contribution in [-0.4, -0.2) is 13.0 Å². The number of carbonyl (C=O) groups excluding carboxylic acids is 1. The summed E-state index contributed by atoms with van der Waals surface area (Å²) in [5, 5.41) is 3.19. The Bertz CT molecular complexity index is 686. The van der Waals surface area contributed by atoms with Crippen LogP contribution in [0.2, 0.25) is 0 Å². The molecule has 2 rings (SSSR count). The fourth-order valence-corrected chi connectivity index (χ4v) is 2.53. The molecule has 0 saturated carbocycles. The third-order valence-corrected chi connectivity index (χ3v) is 3.76. The van der Waals surface area contributed by atoms with Gasteiger partial charge in [0.1, 0.15) is 17.6 Å². The van der Waals surface area contributed by atoms with Crippen LogP contribution in [0, 0.1) is 12.7 Å². The molecule has 3 N–H and O–H groups in total. The highest BCUT2D eigenvalue weighted by molar-refractivity contribution is 5.81. The third kappa shape index (κ3) is 4.07. The molecule has 122 valence electrons. The van der Waals surface area contributed by atoms with Crippen molar-refractivity contribution < 1.29 is 13.9 Å². The lowest BCUT2D eigenvalue weighted by Crippen LogP contribution is -2.35. The van der Waals surface area contributed by atoms with Gasteiger partial charge in [0.05, 0.1) is 7.11 Å². The molecule has 0 aromatic heterocycles. The number of amides is 1. The van der Waals surface area contributed by atoms with E-state index in [1.165, 1.54) is 12.1 Å². The van der Waals surface area contributed by atoms with Crippen LogP contribution in [0.3, 0.4) is 0 Å². The number of methoxy groups -OCH3 is 1. The zero-order chi connectivity index (χ0) is 17.0. The molecular formula is C18H21FN2O2. The maximum atomic E-state index is 13.1. The number of hydrogen-bond acceptors (Lipinski definition) is 3. The van der Waals surface area contributed by atoms with Crippen molar-refractivity contribution in [1.29, 1.82) is 0 Å². The molecule has 0 saturated heterocycles. The number of ether oxygens (including phenoxy) is 1. The first kappa shape index (κ1) is 17.0. The summed E-state index contributed by atoms with van der Waals surface area (Å²) < 4.78 is 18.4. The van der Waals surface area contributed by atoms with Crippen molar-refractivity contribution in [2.24, 2.45) is 5.73 Å². The zero-order valence-corrected chi connectivity index (χ0v) is 13.5. The summed E-state index contributed by atoms with van der Waals surface area (Å²) >= 11 is 0. The van der Waals surface area contributed by atoms with Crippen LogP contribution >= 0.6 is 0 Å². The van der Waals surface area contributed by atoms with Gasteiger partial charge in [-0.3, -0.25) is 10.1 Å². The molecule has 2 aromatic carbocycles. The molecule has 0 aliphatic rings. The fourth-order valence-electron chi connectivity index (χ4n) is 2.53. The van der Waals surface area contributed by atoms with Crippen LogP contribution in [0.15, 0.2) is 42.5 Å². The van der Waals surface area contributed by atoms with Crippen LogP contribution in [0.5, 0.6) is 5.75 Å². The number of hydrogen-bond donors (Lipinski definition) is 2. The van der Waals surface area contributed by atoms with Gasteiger partial charge in [-0.15, -0.1) is 0 Å². The molecule has 2 atom stereocenters. The van der Waals surface area contributed by atoms with Crippen molar-refractivity contribution in [2.45, 2.75) is 25.9 Å². The number of benzene rings is 2. The Morgan fingerprint density at radius 3 is 2.43 bits per heavy atom. The zero-order valence-electron chi connectivity index (χ0n) is 13.5. The lowest BCUT2D eigenvalue weighted by atomic mass is 10.0. The molecule has 23 heavy (non-hydrogen) atoms. The SMILES string of the molecule is COc1ccc(C)cc1[C@@H](C)N[C@@H](C(N)=O)c1ccc(F)cc1. The van der Waals surface area contributed by atoms with Crippen LogP contribution in [0.1, 0.15) is 35.7 Å². The van der Waals surface area contributed by atoms with Crippen LogP contribution in [0.4, 0.5) is 4.39 Å².